The highest BCUT2D eigenvalue weighted by atomic mass is 16.3. The van der Waals surface area contributed by atoms with Gasteiger partial charge in [-0.25, -0.2) is 4.98 Å². The summed E-state index contributed by atoms with van der Waals surface area (Å²) in [5, 5.41) is 15.7. The molecule has 0 aliphatic carbocycles. The Bertz CT molecular complexity index is 569. The van der Waals surface area contributed by atoms with E-state index in [0.717, 1.165) is 18.4 Å². The standard InChI is InChI=1S/C15H20N4O2/c1-2-3-7-19(8-9-20)15(21)13-6-4-5-12(10-13)14-16-11-17-18-14/h4-6,10-11,20H,2-3,7-9H2,1H3,(H,16,17,18). The van der Waals surface area contributed by atoms with Gasteiger partial charge in [0.15, 0.2) is 5.82 Å². The van der Waals surface area contributed by atoms with E-state index >= 15 is 0 Å². The number of carbonyl (C=O) groups is 1. The number of aliphatic hydroxyl groups is 1. The average Bonchev–Trinajstić information content (AvgIpc) is 3.05. The molecule has 0 spiro atoms. The maximum Gasteiger partial charge on any atom is 0.253 e. The SMILES string of the molecule is CCCCN(CCO)C(=O)c1cccc(-c2ncn[nH]2)c1. The molecule has 2 aromatic rings. The van der Waals surface area contributed by atoms with E-state index in [0.29, 0.717) is 24.5 Å². The zero-order valence-corrected chi connectivity index (χ0v) is 12.1. The van der Waals surface area contributed by atoms with E-state index < -0.39 is 0 Å². The van der Waals surface area contributed by atoms with Crippen LogP contribution in [-0.4, -0.2) is 50.8 Å². The molecule has 0 fully saturated rings. The first-order valence-corrected chi connectivity index (χ1v) is 7.12. The quantitative estimate of drug-likeness (QED) is 0.812. The first-order valence-electron chi connectivity index (χ1n) is 7.12. The molecule has 0 saturated heterocycles. The van der Waals surface area contributed by atoms with Gasteiger partial charge in [-0.15, -0.1) is 0 Å². The summed E-state index contributed by atoms with van der Waals surface area (Å²) in [7, 11) is 0. The molecule has 1 amide bonds. The predicted molar refractivity (Wildman–Crippen MR) is 79.7 cm³/mol. The summed E-state index contributed by atoms with van der Waals surface area (Å²) >= 11 is 0. The molecule has 0 aliphatic heterocycles. The van der Waals surface area contributed by atoms with Crippen LogP contribution >= 0.6 is 0 Å². The number of unbranched alkanes of at least 4 members (excludes halogenated alkanes) is 1. The molecule has 0 unspecified atom stereocenters. The Morgan fingerprint density at radius 1 is 1.38 bits per heavy atom. The fourth-order valence-electron chi connectivity index (χ4n) is 2.11. The average molecular weight is 288 g/mol. The number of hydrogen-bond acceptors (Lipinski definition) is 4. The summed E-state index contributed by atoms with van der Waals surface area (Å²) in [6, 6.07) is 7.26. The molecule has 1 aromatic carbocycles. The molecule has 6 heteroatoms. The van der Waals surface area contributed by atoms with Crippen LogP contribution in [0.2, 0.25) is 0 Å². The van der Waals surface area contributed by atoms with Crippen LogP contribution in [0.15, 0.2) is 30.6 Å². The van der Waals surface area contributed by atoms with Crippen molar-refractivity contribution in [1.29, 1.82) is 0 Å². The molecule has 6 nitrogen and oxygen atoms in total. The number of hydrogen-bond donors (Lipinski definition) is 2. The van der Waals surface area contributed by atoms with E-state index in [1.165, 1.54) is 6.33 Å². The highest BCUT2D eigenvalue weighted by Crippen LogP contribution is 2.17. The van der Waals surface area contributed by atoms with Crippen molar-refractivity contribution in [2.45, 2.75) is 19.8 Å². The van der Waals surface area contributed by atoms with Crippen molar-refractivity contribution >= 4 is 5.91 Å². The second-order valence-corrected chi connectivity index (χ2v) is 4.78. The van der Waals surface area contributed by atoms with Crippen LogP contribution in [0.5, 0.6) is 0 Å². The molecular formula is C15H20N4O2. The van der Waals surface area contributed by atoms with Crippen molar-refractivity contribution in [2.24, 2.45) is 0 Å². The van der Waals surface area contributed by atoms with Crippen LogP contribution in [0, 0.1) is 0 Å². The minimum absolute atomic E-state index is 0.0305. The number of amides is 1. The van der Waals surface area contributed by atoms with Gasteiger partial charge in [-0.2, -0.15) is 5.10 Å². The van der Waals surface area contributed by atoms with Gasteiger partial charge in [0.05, 0.1) is 6.61 Å². The Morgan fingerprint density at radius 3 is 2.90 bits per heavy atom. The summed E-state index contributed by atoms with van der Waals surface area (Å²) in [6.45, 7) is 3.05. The number of aliphatic hydroxyl groups excluding tert-OH is 1. The lowest BCUT2D eigenvalue weighted by atomic mass is 10.1. The van der Waals surface area contributed by atoms with Gasteiger partial charge in [0.1, 0.15) is 6.33 Å². The summed E-state index contributed by atoms with van der Waals surface area (Å²) in [5.74, 6) is 0.561. The zero-order chi connectivity index (χ0) is 15.1. The number of aromatic amines is 1. The Balaban J connectivity index is 2.19. The van der Waals surface area contributed by atoms with Crippen LogP contribution in [0.1, 0.15) is 30.1 Å². The summed E-state index contributed by atoms with van der Waals surface area (Å²) in [4.78, 5) is 18.3. The first kappa shape index (κ1) is 15.2. The van der Waals surface area contributed by atoms with Crippen LogP contribution in [0.4, 0.5) is 0 Å². The topological polar surface area (TPSA) is 82.1 Å². The van der Waals surface area contributed by atoms with Gasteiger partial charge in [0.25, 0.3) is 5.91 Å². The van der Waals surface area contributed by atoms with Gasteiger partial charge in [-0.1, -0.05) is 25.5 Å². The molecule has 2 N–H and O–H groups in total. The van der Waals surface area contributed by atoms with Gasteiger partial charge in [0.2, 0.25) is 0 Å². The van der Waals surface area contributed by atoms with Crippen molar-refractivity contribution in [1.82, 2.24) is 20.1 Å². The molecule has 0 radical (unpaired) electrons. The van der Waals surface area contributed by atoms with Crippen molar-refractivity contribution in [3.05, 3.63) is 36.2 Å². The maximum absolute atomic E-state index is 12.5. The Hall–Kier alpha value is -2.21. The Labute approximate surface area is 123 Å². The number of benzene rings is 1. The number of nitrogens with zero attached hydrogens (tertiary/aromatic N) is 3. The van der Waals surface area contributed by atoms with E-state index in [9.17, 15) is 4.79 Å². The molecule has 0 saturated carbocycles. The number of aromatic nitrogens is 3. The van der Waals surface area contributed by atoms with Crippen LogP contribution in [0.25, 0.3) is 11.4 Å². The van der Waals surface area contributed by atoms with Crippen molar-refractivity contribution < 1.29 is 9.90 Å². The van der Waals surface area contributed by atoms with Gasteiger partial charge in [-0.05, 0) is 18.6 Å². The predicted octanol–water partition coefficient (Wildman–Crippen LogP) is 1.71. The lowest BCUT2D eigenvalue weighted by Crippen LogP contribution is -2.34. The summed E-state index contributed by atoms with van der Waals surface area (Å²) in [5.41, 5.74) is 1.41. The Morgan fingerprint density at radius 2 is 2.24 bits per heavy atom. The minimum Gasteiger partial charge on any atom is -0.395 e. The third-order valence-electron chi connectivity index (χ3n) is 3.24. The van der Waals surface area contributed by atoms with Crippen LogP contribution < -0.4 is 0 Å². The van der Waals surface area contributed by atoms with E-state index in [1.807, 2.05) is 12.1 Å². The molecule has 2 rings (SSSR count). The van der Waals surface area contributed by atoms with Gasteiger partial charge >= 0.3 is 0 Å². The lowest BCUT2D eigenvalue weighted by Gasteiger charge is -2.21. The number of nitrogens with one attached hydrogen (secondary N) is 1. The monoisotopic (exact) mass is 288 g/mol. The highest BCUT2D eigenvalue weighted by molar-refractivity contribution is 5.95. The van der Waals surface area contributed by atoms with Crippen LogP contribution in [0.3, 0.4) is 0 Å². The van der Waals surface area contributed by atoms with Gasteiger partial charge in [0, 0.05) is 24.2 Å². The van der Waals surface area contributed by atoms with E-state index in [-0.39, 0.29) is 12.5 Å². The number of H-pyrrole nitrogens is 1. The largest absolute Gasteiger partial charge is 0.395 e. The van der Waals surface area contributed by atoms with E-state index in [4.69, 9.17) is 5.11 Å². The molecule has 0 bridgehead atoms. The van der Waals surface area contributed by atoms with E-state index in [1.54, 1.807) is 17.0 Å². The normalized spacial score (nSPS) is 10.6. The fraction of sp³-hybridized carbons (Fsp3) is 0.400. The Kier molecular flexibility index (Phi) is 5.45. The lowest BCUT2D eigenvalue weighted by molar-refractivity contribution is 0.0719. The smallest absolute Gasteiger partial charge is 0.253 e. The van der Waals surface area contributed by atoms with Gasteiger partial charge < -0.3 is 10.0 Å². The van der Waals surface area contributed by atoms with Crippen molar-refractivity contribution in [3.8, 4) is 11.4 Å². The number of carbonyl (C=O) groups excluding carboxylic acids is 1. The molecule has 21 heavy (non-hydrogen) atoms. The summed E-state index contributed by atoms with van der Waals surface area (Å²) in [6.07, 6.45) is 3.37. The second-order valence-electron chi connectivity index (χ2n) is 4.78. The summed E-state index contributed by atoms with van der Waals surface area (Å²) < 4.78 is 0. The van der Waals surface area contributed by atoms with Crippen molar-refractivity contribution in [2.75, 3.05) is 19.7 Å². The van der Waals surface area contributed by atoms with Crippen LogP contribution in [-0.2, 0) is 0 Å². The second kappa shape index (κ2) is 7.54. The molecular weight excluding hydrogens is 268 g/mol. The molecule has 1 aromatic heterocycles. The molecule has 0 aliphatic rings. The fourth-order valence-corrected chi connectivity index (χ4v) is 2.11. The van der Waals surface area contributed by atoms with Crippen molar-refractivity contribution in [3.63, 3.8) is 0 Å². The highest BCUT2D eigenvalue weighted by Gasteiger charge is 2.15. The van der Waals surface area contributed by atoms with E-state index in [2.05, 4.69) is 22.1 Å². The van der Waals surface area contributed by atoms with Gasteiger partial charge in [-0.3, -0.25) is 9.89 Å². The zero-order valence-electron chi connectivity index (χ0n) is 12.1. The maximum atomic E-state index is 12.5. The molecule has 0 atom stereocenters. The first-order chi connectivity index (χ1) is 10.3. The molecule has 112 valence electrons. The number of rotatable bonds is 7. The molecule has 1 heterocycles. The minimum atomic E-state index is -0.0705. The third kappa shape index (κ3) is 3.88. The third-order valence-corrected chi connectivity index (χ3v) is 3.24.